The first-order valence-electron chi connectivity index (χ1n) is 13.0. The molecular formula is C27H37N5O3S. The molecule has 4 N–H and O–H groups in total. The second kappa shape index (κ2) is 13.0. The van der Waals surface area contributed by atoms with Crippen LogP contribution in [0.15, 0.2) is 41.3 Å². The number of carbonyl (C=O) groups is 1. The molecule has 1 saturated carbocycles. The molecule has 2 aromatic heterocycles. The summed E-state index contributed by atoms with van der Waals surface area (Å²) in [6.07, 6.45) is 10.0. The smallest absolute Gasteiger partial charge is 0.305 e. The SMILES string of the molecule is NC(=O)CCN(CCc1ccccn1)CCN(CCc1ccc(O)c2[nH]c(=O)sc12)C1CCCCC1. The summed E-state index contributed by atoms with van der Waals surface area (Å²) in [5.41, 5.74) is 8.14. The number of nitrogens with two attached hydrogens (primary N) is 1. The van der Waals surface area contributed by atoms with Gasteiger partial charge in [-0.05, 0) is 43.0 Å². The van der Waals surface area contributed by atoms with Gasteiger partial charge in [-0.1, -0.05) is 42.7 Å². The molecule has 0 aliphatic heterocycles. The number of aromatic nitrogens is 2. The van der Waals surface area contributed by atoms with Crippen molar-refractivity contribution < 1.29 is 9.90 Å². The largest absolute Gasteiger partial charge is 0.506 e. The second-order valence-electron chi connectivity index (χ2n) is 9.67. The third-order valence-electron chi connectivity index (χ3n) is 7.19. The fourth-order valence-electron chi connectivity index (χ4n) is 5.15. The molecule has 0 atom stereocenters. The van der Waals surface area contributed by atoms with Crippen molar-refractivity contribution in [3.63, 3.8) is 0 Å². The van der Waals surface area contributed by atoms with Gasteiger partial charge >= 0.3 is 4.87 Å². The molecule has 1 fully saturated rings. The number of amides is 1. The summed E-state index contributed by atoms with van der Waals surface area (Å²) in [5, 5.41) is 10.1. The Kier molecular flexibility index (Phi) is 9.49. The molecule has 36 heavy (non-hydrogen) atoms. The third-order valence-corrected chi connectivity index (χ3v) is 8.14. The van der Waals surface area contributed by atoms with Crippen LogP contribution < -0.4 is 10.6 Å². The first-order valence-corrected chi connectivity index (χ1v) is 13.8. The Bertz CT molecular complexity index is 1170. The zero-order valence-electron chi connectivity index (χ0n) is 20.8. The van der Waals surface area contributed by atoms with Gasteiger partial charge in [-0.15, -0.1) is 0 Å². The molecule has 3 aromatic rings. The number of nitrogens with one attached hydrogen (secondary N) is 1. The Labute approximate surface area is 216 Å². The van der Waals surface area contributed by atoms with E-state index in [9.17, 15) is 14.7 Å². The number of fused-ring (bicyclic) bond motifs is 1. The second-order valence-corrected chi connectivity index (χ2v) is 10.7. The van der Waals surface area contributed by atoms with Crippen molar-refractivity contribution in [3.8, 4) is 5.75 Å². The first-order chi connectivity index (χ1) is 17.5. The fraction of sp³-hybridized carbons (Fsp3) is 0.519. The summed E-state index contributed by atoms with van der Waals surface area (Å²) in [6.45, 7) is 4.14. The Hall–Kier alpha value is -2.75. The summed E-state index contributed by atoms with van der Waals surface area (Å²) in [4.78, 5) is 35.4. The molecule has 0 radical (unpaired) electrons. The average molecular weight is 512 g/mol. The van der Waals surface area contributed by atoms with Crippen molar-refractivity contribution in [1.82, 2.24) is 19.8 Å². The van der Waals surface area contributed by atoms with Gasteiger partial charge < -0.3 is 20.7 Å². The van der Waals surface area contributed by atoms with E-state index in [-0.39, 0.29) is 16.5 Å². The Morgan fingerprint density at radius 1 is 1.06 bits per heavy atom. The normalized spacial score (nSPS) is 14.7. The Balaban J connectivity index is 1.43. The predicted octanol–water partition coefficient (Wildman–Crippen LogP) is 3.29. The molecule has 0 bridgehead atoms. The van der Waals surface area contributed by atoms with Gasteiger partial charge in [0.1, 0.15) is 11.3 Å². The van der Waals surface area contributed by atoms with Crippen LogP contribution in [0.25, 0.3) is 10.2 Å². The molecule has 0 spiro atoms. The molecular weight excluding hydrogens is 474 g/mol. The molecule has 194 valence electrons. The Morgan fingerprint density at radius 2 is 1.89 bits per heavy atom. The number of phenolic OH excluding ortho intramolecular Hbond substituents is 1. The van der Waals surface area contributed by atoms with E-state index in [4.69, 9.17) is 5.73 Å². The summed E-state index contributed by atoms with van der Waals surface area (Å²) >= 11 is 1.16. The molecule has 4 rings (SSSR count). The van der Waals surface area contributed by atoms with Gasteiger partial charge in [-0.25, -0.2) is 0 Å². The minimum absolute atomic E-state index is 0.120. The number of carbonyl (C=O) groups excluding carboxylic acids is 1. The molecule has 9 heteroatoms. The van der Waals surface area contributed by atoms with Gasteiger partial charge in [0, 0.05) is 63.5 Å². The van der Waals surface area contributed by atoms with Crippen molar-refractivity contribution >= 4 is 27.5 Å². The van der Waals surface area contributed by atoms with Crippen molar-refractivity contribution in [1.29, 1.82) is 0 Å². The van der Waals surface area contributed by atoms with E-state index < -0.39 is 0 Å². The van der Waals surface area contributed by atoms with Crippen LogP contribution in [0, 0.1) is 0 Å². The maximum absolute atomic E-state index is 11.9. The summed E-state index contributed by atoms with van der Waals surface area (Å²) in [5.74, 6) is -0.155. The third kappa shape index (κ3) is 7.38. The standard InChI is InChI=1S/C27H37N5O3S/c28-24(34)13-16-31(15-12-21-6-4-5-14-29-21)18-19-32(22-7-2-1-3-8-22)17-11-20-9-10-23(33)25-26(20)36-27(35)30-25/h4-6,9-10,14,22,33H,1-3,7-8,11-13,15-19H2,(H2,28,34)(H,30,35). The summed E-state index contributed by atoms with van der Waals surface area (Å²) < 4.78 is 0.849. The fourth-order valence-corrected chi connectivity index (χ4v) is 6.05. The van der Waals surface area contributed by atoms with Gasteiger partial charge in [-0.2, -0.15) is 0 Å². The maximum atomic E-state index is 11.9. The van der Waals surface area contributed by atoms with E-state index in [0.29, 0.717) is 24.5 Å². The number of phenols is 1. The minimum Gasteiger partial charge on any atom is -0.506 e. The minimum atomic E-state index is -0.274. The van der Waals surface area contributed by atoms with Crippen molar-refractivity contribution in [2.24, 2.45) is 5.73 Å². The van der Waals surface area contributed by atoms with E-state index in [1.807, 2.05) is 30.5 Å². The van der Waals surface area contributed by atoms with Crippen LogP contribution in [0.2, 0.25) is 0 Å². The highest BCUT2D eigenvalue weighted by molar-refractivity contribution is 7.16. The van der Waals surface area contributed by atoms with Crippen LogP contribution in [0.5, 0.6) is 5.75 Å². The lowest BCUT2D eigenvalue weighted by Gasteiger charge is -2.36. The first kappa shape index (κ1) is 26.3. The van der Waals surface area contributed by atoms with Gasteiger partial charge in [0.25, 0.3) is 0 Å². The van der Waals surface area contributed by atoms with E-state index in [1.54, 1.807) is 6.07 Å². The molecule has 1 amide bonds. The van der Waals surface area contributed by atoms with Gasteiger partial charge in [-0.3, -0.25) is 19.5 Å². The molecule has 0 unspecified atom stereocenters. The topological polar surface area (TPSA) is 116 Å². The number of hydrogen-bond donors (Lipinski definition) is 3. The number of rotatable bonds is 13. The number of thiazole rings is 1. The molecule has 1 aliphatic carbocycles. The average Bonchev–Trinajstić information content (AvgIpc) is 3.29. The van der Waals surface area contributed by atoms with Crippen LogP contribution in [0.4, 0.5) is 0 Å². The zero-order valence-corrected chi connectivity index (χ0v) is 21.6. The summed E-state index contributed by atoms with van der Waals surface area (Å²) in [7, 11) is 0. The monoisotopic (exact) mass is 511 g/mol. The van der Waals surface area contributed by atoms with Crippen molar-refractivity contribution in [2.75, 3.05) is 32.7 Å². The van der Waals surface area contributed by atoms with E-state index in [0.717, 1.165) is 66.3 Å². The van der Waals surface area contributed by atoms with Gasteiger partial charge in [0.05, 0.1) is 4.70 Å². The van der Waals surface area contributed by atoms with E-state index in [1.165, 1.54) is 32.1 Å². The van der Waals surface area contributed by atoms with Crippen LogP contribution >= 0.6 is 11.3 Å². The maximum Gasteiger partial charge on any atom is 0.305 e. The zero-order chi connectivity index (χ0) is 25.3. The van der Waals surface area contributed by atoms with E-state index in [2.05, 4.69) is 19.8 Å². The number of nitrogens with zero attached hydrogens (tertiary/aromatic N) is 3. The molecule has 2 heterocycles. The number of benzene rings is 1. The number of pyridine rings is 1. The number of aromatic amines is 1. The highest BCUT2D eigenvalue weighted by atomic mass is 32.1. The quantitative estimate of drug-likeness (QED) is 0.324. The van der Waals surface area contributed by atoms with Crippen molar-refractivity contribution in [3.05, 3.63) is 57.5 Å². The molecule has 0 saturated heterocycles. The Morgan fingerprint density at radius 3 is 2.64 bits per heavy atom. The van der Waals surface area contributed by atoms with Crippen LogP contribution in [-0.4, -0.2) is 69.5 Å². The lowest BCUT2D eigenvalue weighted by molar-refractivity contribution is -0.118. The summed E-state index contributed by atoms with van der Waals surface area (Å²) in [6, 6.07) is 10.1. The van der Waals surface area contributed by atoms with Crippen LogP contribution in [0.1, 0.15) is 49.8 Å². The van der Waals surface area contributed by atoms with E-state index >= 15 is 0 Å². The van der Waals surface area contributed by atoms with Crippen LogP contribution in [-0.2, 0) is 17.6 Å². The highest BCUT2D eigenvalue weighted by Gasteiger charge is 2.22. The van der Waals surface area contributed by atoms with Gasteiger partial charge in [0.2, 0.25) is 5.91 Å². The van der Waals surface area contributed by atoms with Gasteiger partial charge in [0.15, 0.2) is 0 Å². The number of hydrogen-bond acceptors (Lipinski definition) is 7. The molecule has 1 aromatic carbocycles. The van der Waals surface area contributed by atoms with Crippen LogP contribution in [0.3, 0.4) is 0 Å². The highest BCUT2D eigenvalue weighted by Crippen LogP contribution is 2.29. The number of H-pyrrole nitrogens is 1. The van der Waals surface area contributed by atoms with Crippen molar-refractivity contribution in [2.45, 2.75) is 57.4 Å². The number of primary amides is 1. The lowest BCUT2D eigenvalue weighted by Crippen LogP contribution is -2.44. The predicted molar refractivity (Wildman–Crippen MR) is 144 cm³/mol. The molecule has 8 nitrogen and oxygen atoms in total. The number of aromatic hydroxyl groups is 1. The molecule has 1 aliphatic rings. The lowest BCUT2D eigenvalue weighted by atomic mass is 9.94.